The molecule has 7 heteroatoms. The first-order valence-corrected chi connectivity index (χ1v) is 10.5. The molecule has 0 aromatic heterocycles. The minimum Gasteiger partial charge on any atom is -0.455 e. The van der Waals surface area contributed by atoms with Crippen molar-refractivity contribution in [3.05, 3.63) is 59.2 Å². The highest BCUT2D eigenvalue weighted by Gasteiger charge is 2.28. The van der Waals surface area contributed by atoms with Gasteiger partial charge < -0.3 is 20.3 Å². The monoisotopic (exact) mass is 423 g/mol. The van der Waals surface area contributed by atoms with Crippen molar-refractivity contribution < 1.29 is 19.1 Å². The first-order valence-electron chi connectivity index (χ1n) is 10.5. The number of piperidine rings is 1. The second-order valence-corrected chi connectivity index (χ2v) is 7.99. The quantitative estimate of drug-likeness (QED) is 0.711. The van der Waals surface area contributed by atoms with Gasteiger partial charge in [-0.15, -0.1) is 0 Å². The molecule has 1 heterocycles. The van der Waals surface area contributed by atoms with Crippen LogP contribution in [0.3, 0.4) is 0 Å². The van der Waals surface area contributed by atoms with Crippen molar-refractivity contribution in [1.82, 2.24) is 4.90 Å². The zero-order chi connectivity index (χ0) is 22.4. The molecule has 0 atom stereocenters. The number of carbonyl (C=O) groups excluding carboxylic acids is 3. The predicted molar refractivity (Wildman–Crippen MR) is 120 cm³/mol. The number of amides is 3. The van der Waals surface area contributed by atoms with Gasteiger partial charge in [-0.3, -0.25) is 9.59 Å². The second-order valence-electron chi connectivity index (χ2n) is 7.99. The number of nitrogens with one attached hydrogen (secondary N) is 2. The van der Waals surface area contributed by atoms with E-state index in [0.29, 0.717) is 25.9 Å². The summed E-state index contributed by atoms with van der Waals surface area (Å²) in [5, 5.41) is 5.68. The van der Waals surface area contributed by atoms with Crippen LogP contribution < -0.4 is 10.6 Å². The Hall–Kier alpha value is -3.35. The van der Waals surface area contributed by atoms with Gasteiger partial charge in [-0.1, -0.05) is 35.9 Å². The normalized spacial score (nSPS) is 14.1. The van der Waals surface area contributed by atoms with Crippen LogP contribution in [0.2, 0.25) is 0 Å². The Balaban J connectivity index is 1.43. The molecule has 1 fully saturated rings. The Labute approximate surface area is 182 Å². The number of rotatable bonds is 5. The SMILES string of the molecule is Cc1cc(C)c(NC(=O)COC(=O)C2CCN(C(=O)Nc3ccccc3)CC2)c(C)c1. The van der Waals surface area contributed by atoms with Crippen molar-refractivity contribution in [2.24, 2.45) is 5.92 Å². The maximum atomic E-state index is 12.4. The number of hydrogen-bond donors (Lipinski definition) is 2. The first kappa shape index (κ1) is 22.3. The van der Waals surface area contributed by atoms with Gasteiger partial charge in [0.05, 0.1) is 5.92 Å². The van der Waals surface area contributed by atoms with E-state index < -0.39 is 5.97 Å². The van der Waals surface area contributed by atoms with Gasteiger partial charge in [0.15, 0.2) is 6.61 Å². The number of hydrogen-bond acceptors (Lipinski definition) is 4. The molecule has 3 amide bonds. The van der Waals surface area contributed by atoms with Crippen molar-refractivity contribution in [3.63, 3.8) is 0 Å². The predicted octanol–water partition coefficient (Wildman–Crippen LogP) is 4.04. The Morgan fingerprint density at radius 1 is 0.968 bits per heavy atom. The maximum Gasteiger partial charge on any atom is 0.321 e. The molecule has 1 saturated heterocycles. The molecule has 2 N–H and O–H groups in total. The Bertz CT molecular complexity index is 928. The molecule has 1 aliphatic heterocycles. The standard InChI is InChI=1S/C24H29N3O4/c1-16-13-17(2)22(18(3)14-16)26-21(28)15-31-23(29)19-9-11-27(12-10-19)24(30)25-20-7-5-4-6-8-20/h4-8,13-14,19H,9-12,15H2,1-3H3,(H,25,30)(H,26,28). The highest BCUT2D eigenvalue weighted by Crippen LogP contribution is 2.22. The zero-order valence-corrected chi connectivity index (χ0v) is 18.2. The summed E-state index contributed by atoms with van der Waals surface area (Å²) in [5.74, 6) is -1.06. The maximum absolute atomic E-state index is 12.4. The van der Waals surface area contributed by atoms with Crippen LogP contribution in [0.25, 0.3) is 0 Å². The molecule has 0 radical (unpaired) electrons. The average molecular weight is 424 g/mol. The second kappa shape index (κ2) is 10.1. The number of urea groups is 1. The van der Waals surface area contributed by atoms with Crippen molar-refractivity contribution >= 4 is 29.3 Å². The summed E-state index contributed by atoms with van der Waals surface area (Å²) in [6.07, 6.45) is 1.03. The minimum absolute atomic E-state index is 0.179. The third kappa shape index (κ3) is 6.07. The number of aryl methyl sites for hydroxylation is 3. The van der Waals surface area contributed by atoms with Crippen LogP contribution in [-0.2, 0) is 14.3 Å². The fourth-order valence-electron chi connectivity index (χ4n) is 3.85. The summed E-state index contributed by atoms with van der Waals surface area (Å²) in [6.45, 7) is 6.48. The van der Waals surface area contributed by atoms with Crippen molar-refractivity contribution in [2.75, 3.05) is 30.3 Å². The molecule has 0 aliphatic carbocycles. The van der Waals surface area contributed by atoms with Gasteiger partial charge >= 0.3 is 12.0 Å². The molecule has 2 aromatic rings. The van der Waals surface area contributed by atoms with E-state index in [-0.39, 0.29) is 24.5 Å². The molecule has 1 aliphatic rings. The van der Waals surface area contributed by atoms with Crippen LogP contribution >= 0.6 is 0 Å². The molecule has 7 nitrogen and oxygen atoms in total. The largest absolute Gasteiger partial charge is 0.455 e. The van der Waals surface area contributed by atoms with Gasteiger partial charge in [0, 0.05) is 24.5 Å². The number of esters is 1. The molecule has 164 valence electrons. The van der Waals surface area contributed by atoms with E-state index in [9.17, 15) is 14.4 Å². The van der Waals surface area contributed by atoms with E-state index >= 15 is 0 Å². The van der Waals surface area contributed by atoms with Crippen molar-refractivity contribution in [1.29, 1.82) is 0 Å². The van der Waals surface area contributed by atoms with Gasteiger partial charge in [0.25, 0.3) is 5.91 Å². The minimum atomic E-state index is -0.393. The summed E-state index contributed by atoms with van der Waals surface area (Å²) in [4.78, 5) is 38.7. The summed E-state index contributed by atoms with van der Waals surface area (Å²) in [6, 6.07) is 13.1. The van der Waals surface area contributed by atoms with Gasteiger partial charge in [-0.25, -0.2) is 4.79 Å². The van der Waals surface area contributed by atoms with E-state index in [0.717, 1.165) is 28.1 Å². The number of anilines is 2. The van der Waals surface area contributed by atoms with Crippen LogP contribution in [0.4, 0.5) is 16.2 Å². The van der Waals surface area contributed by atoms with E-state index in [1.54, 1.807) is 4.90 Å². The number of para-hydroxylation sites is 1. The molecule has 0 spiro atoms. The molecule has 0 bridgehead atoms. The van der Waals surface area contributed by atoms with Crippen LogP contribution in [0, 0.1) is 26.7 Å². The lowest BCUT2D eigenvalue weighted by Crippen LogP contribution is -2.43. The van der Waals surface area contributed by atoms with E-state index in [1.807, 2.05) is 63.2 Å². The lowest BCUT2D eigenvalue weighted by atomic mass is 9.97. The van der Waals surface area contributed by atoms with E-state index in [4.69, 9.17) is 4.74 Å². The fourth-order valence-corrected chi connectivity index (χ4v) is 3.85. The Morgan fingerprint density at radius 2 is 1.58 bits per heavy atom. The number of nitrogens with zero attached hydrogens (tertiary/aromatic N) is 1. The topological polar surface area (TPSA) is 87.7 Å². The smallest absolute Gasteiger partial charge is 0.321 e. The Kier molecular flexibility index (Phi) is 7.28. The molecular formula is C24H29N3O4. The number of likely N-dealkylation sites (tertiary alicyclic amines) is 1. The molecule has 0 saturated carbocycles. The molecular weight excluding hydrogens is 394 g/mol. The van der Waals surface area contributed by atoms with Crippen LogP contribution in [0.1, 0.15) is 29.5 Å². The van der Waals surface area contributed by atoms with Gasteiger partial charge in [-0.2, -0.15) is 0 Å². The van der Waals surface area contributed by atoms with Gasteiger partial charge in [-0.05, 0) is 56.9 Å². The van der Waals surface area contributed by atoms with Crippen molar-refractivity contribution in [2.45, 2.75) is 33.6 Å². The highest BCUT2D eigenvalue weighted by atomic mass is 16.5. The molecule has 3 rings (SSSR count). The lowest BCUT2D eigenvalue weighted by molar-refractivity contribution is -0.152. The molecule has 0 unspecified atom stereocenters. The van der Waals surface area contributed by atoms with Crippen LogP contribution in [0.15, 0.2) is 42.5 Å². The third-order valence-electron chi connectivity index (χ3n) is 5.43. The van der Waals surface area contributed by atoms with Crippen LogP contribution in [0.5, 0.6) is 0 Å². The van der Waals surface area contributed by atoms with E-state index in [1.165, 1.54) is 0 Å². The number of benzene rings is 2. The summed E-state index contributed by atoms with van der Waals surface area (Å²) in [7, 11) is 0. The van der Waals surface area contributed by atoms with Crippen molar-refractivity contribution in [3.8, 4) is 0 Å². The number of carbonyl (C=O) groups is 3. The fraction of sp³-hybridized carbons (Fsp3) is 0.375. The zero-order valence-electron chi connectivity index (χ0n) is 18.2. The summed E-state index contributed by atoms with van der Waals surface area (Å²) < 4.78 is 5.24. The van der Waals surface area contributed by atoms with Gasteiger partial charge in [0.1, 0.15) is 0 Å². The lowest BCUT2D eigenvalue weighted by Gasteiger charge is -2.30. The third-order valence-corrected chi connectivity index (χ3v) is 5.43. The Morgan fingerprint density at radius 3 is 2.19 bits per heavy atom. The summed E-state index contributed by atoms with van der Waals surface area (Å²) in [5.41, 5.74) is 4.56. The highest BCUT2D eigenvalue weighted by molar-refractivity contribution is 5.94. The average Bonchev–Trinajstić information content (AvgIpc) is 2.75. The van der Waals surface area contributed by atoms with Crippen LogP contribution in [-0.4, -0.2) is 42.5 Å². The van der Waals surface area contributed by atoms with E-state index in [2.05, 4.69) is 10.6 Å². The molecule has 31 heavy (non-hydrogen) atoms. The summed E-state index contributed by atoms with van der Waals surface area (Å²) >= 11 is 0. The first-order chi connectivity index (χ1) is 14.8. The molecule has 2 aromatic carbocycles. The number of ether oxygens (including phenoxy) is 1. The van der Waals surface area contributed by atoms with Gasteiger partial charge in [0.2, 0.25) is 0 Å².